The number of aliphatic hydroxyl groups excluding tert-OH is 1. The van der Waals surface area contributed by atoms with Crippen LogP contribution in [0, 0.1) is 6.92 Å². The molecule has 2 aromatic rings. The number of pyridine rings is 1. The van der Waals surface area contributed by atoms with Crippen LogP contribution in [0.1, 0.15) is 53.7 Å². The summed E-state index contributed by atoms with van der Waals surface area (Å²) in [6.45, 7) is 2.01. The highest BCUT2D eigenvalue weighted by Crippen LogP contribution is 2.37. The van der Waals surface area contributed by atoms with Gasteiger partial charge in [-0.25, -0.2) is 0 Å². The van der Waals surface area contributed by atoms with Crippen LogP contribution in [0.25, 0.3) is 0 Å². The van der Waals surface area contributed by atoms with Gasteiger partial charge in [0, 0.05) is 6.20 Å². The van der Waals surface area contributed by atoms with E-state index in [-0.39, 0.29) is 0 Å². The lowest BCUT2D eigenvalue weighted by atomic mass is 9.79. The van der Waals surface area contributed by atoms with Crippen LogP contribution in [0.2, 0.25) is 0 Å². The van der Waals surface area contributed by atoms with Gasteiger partial charge in [0.1, 0.15) is 0 Å². The Morgan fingerprint density at radius 3 is 2.95 bits per heavy atom. The van der Waals surface area contributed by atoms with Gasteiger partial charge in [0.15, 0.2) is 0 Å². The minimum Gasteiger partial charge on any atom is -0.387 e. The molecule has 1 heterocycles. The molecule has 0 amide bonds. The average molecular weight is 267 g/mol. The van der Waals surface area contributed by atoms with Gasteiger partial charge in [0.25, 0.3) is 0 Å². The van der Waals surface area contributed by atoms with E-state index < -0.39 is 6.10 Å². The molecule has 1 aromatic carbocycles. The number of rotatable bonds is 3. The first-order valence-corrected chi connectivity index (χ1v) is 7.43. The Morgan fingerprint density at radius 1 is 1.25 bits per heavy atom. The monoisotopic (exact) mass is 267 g/mol. The number of hydrogen-bond acceptors (Lipinski definition) is 2. The summed E-state index contributed by atoms with van der Waals surface area (Å²) < 4.78 is 0. The summed E-state index contributed by atoms with van der Waals surface area (Å²) in [7, 11) is 0. The molecule has 3 rings (SSSR count). The number of aliphatic hydroxyl groups is 1. The van der Waals surface area contributed by atoms with Crippen molar-refractivity contribution in [3.8, 4) is 0 Å². The van der Waals surface area contributed by atoms with Gasteiger partial charge in [-0.2, -0.15) is 0 Å². The molecule has 0 bridgehead atoms. The number of nitrogens with zero attached hydrogens (tertiary/aromatic N) is 1. The normalized spacial score (nSPS) is 19.4. The largest absolute Gasteiger partial charge is 0.387 e. The average Bonchev–Trinajstić information content (AvgIpc) is 2.48. The van der Waals surface area contributed by atoms with Crippen LogP contribution >= 0.6 is 0 Å². The fraction of sp³-hybridized carbons (Fsp3) is 0.389. The second-order valence-corrected chi connectivity index (χ2v) is 5.75. The third kappa shape index (κ3) is 2.61. The SMILES string of the molecule is Cc1cccnc1C(O)CC1CCCc2ccccc21. The van der Waals surface area contributed by atoms with Crippen molar-refractivity contribution in [3.05, 3.63) is 65.0 Å². The predicted octanol–water partition coefficient (Wildman–Crippen LogP) is 3.93. The molecule has 1 N–H and O–H groups in total. The van der Waals surface area contributed by atoms with E-state index in [0.29, 0.717) is 5.92 Å². The Hall–Kier alpha value is -1.67. The van der Waals surface area contributed by atoms with Crippen LogP contribution < -0.4 is 0 Å². The first-order chi connectivity index (χ1) is 9.75. The Balaban J connectivity index is 1.81. The molecule has 2 atom stereocenters. The third-order valence-electron chi connectivity index (χ3n) is 4.37. The summed E-state index contributed by atoms with van der Waals surface area (Å²) in [6.07, 6.45) is 5.63. The topological polar surface area (TPSA) is 33.1 Å². The quantitative estimate of drug-likeness (QED) is 0.914. The number of aromatic nitrogens is 1. The maximum absolute atomic E-state index is 10.5. The lowest BCUT2D eigenvalue weighted by molar-refractivity contribution is 0.149. The van der Waals surface area contributed by atoms with E-state index in [2.05, 4.69) is 29.2 Å². The molecule has 2 unspecified atom stereocenters. The van der Waals surface area contributed by atoms with Crippen LogP contribution in [0.15, 0.2) is 42.6 Å². The minimum absolute atomic E-state index is 0.455. The molecule has 0 saturated heterocycles. The zero-order chi connectivity index (χ0) is 13.9. The first-order valence-electron chi connectivity index (χ1n) is 7.43. The van der Waals surface area contributed by atoms with Crippen molar-refractivity contribution in [1.29, 1.82) is 0 Å². The highest BCUT2D eigenvalue weighted by molar-refractivity contribution is 5.33. The lowest BCUT2D eigenvalue weighted by Gasteiger charge is -2.27. The van der Waals surface area contributed by atoms with E-state index in [1.807, 2.05) is 19.1 Å². The molecule has 0 radical (unpaired) electrons. The highest BCUT2D eigenvalue weighted by Gasteiger charge is 2.24. The molecule has 20 heavy (non-hydrogen) atoms. The third-order valence-corrected chi connectivity index (χ3v) is 4.37. The maximum atomic E-state index is 10.5. The molecule has 0 saturated carbocycles. The number of fused-ring (bicyclic) bond motifs is 1. The van der Waals surface area contributed by atoms with Gasteiger partial charge in [-0.1, -0.05) is 30.3 Å². The molecule has 0 aliphatic heterocycles. The van der Waals surface area contributed by atoms with E-state index in [4.69, 9.17) is 0 Å². The lowest BCUT2D eigenvalue weighted by Crippen LogP contribution is -2.14. The van der Waals surface area contributed by atoms with E-state index in [1.165, 1.54) is 30.4 Å². The summed E-state index contributed by atoms with van der Waals surface area (Å²) in [5.74, 6) is 0.455. The molecular weight excluding hydrogens is 246 g/mol. The van der Waals surface area contributed by atoms with E-state index in [9.17, 15) is 5.11 Å². The second kappa shape index (κ2) is 5.76. The van der Waals surface area contributed by atoms with Gasteiger partial charge in [0.05, 0.1) is 11.8 Å². The van der Waals surface area contributed by atoms with Crippen LogP contribution in [-0.4, -0.2) is 10.1 Å². The second-order valence-electron chi connectivity index (χ2n) is 5.75. The van der Waals surface area contributed by atoms with Gasteiger partial charge in [0.2, 0.25) is 0 Å². The van der Waals surface area contributed by atoms with Crippen LogP contribution in [-0.2, 0) is 6.42 Å². The molecule has 1 aliphatic rings. The standard InChI is InChI=1S/C18H21NO/c1-13-6-5-11-19-18(13)17(20)12-15-9-4-8-14-7-2-3-10-16(14)15/h2-3,5-7,10-11,15,17,20H,4,8-9,12H2,1H3. The van der Waals surface area contributed by atoms with Crippen LogP contribution in [0.4, 0.5) is 0 Å². The van der Waals surface area contributed by atoms with Gasteiger partial charge in [-0.05, 0) is 61.3 Å². The molecule has 1 aliphatic carbocycles. The van der Waals surface area contributed by atoms with Crippen molar-refractivity contribution in [3.63, 3.8) is 0 Å². The smallest absolute Gasteiger partial charge is 0.0968 e. The number of hydrogen-bond donors (Lipinski definition) is 1. The van der Waals surface area contributed by atoms with Crippen LogP contribution in [0.5, 0.6) is 0 Å². The van der Waals surface area contributed by atoms with E-state index in [1.54, 1.807) is 6.20 Å². The zero-order valence-electron chi connectivity index (χ0n) is 11.9. The van der Waals surface area contributed by atoms with Crippen molar-refractivity contribution in [2.75, 3.05) is 0 Å². The van der Waals surface area contributed by atoms with E-state index >= 15 is 0 Å². The molecule has 0 fully saturated rings. The molecule has 2 heteroatoms. The summed E-state index contributed by atoms with van der Waals surface area (Å²) in [5, 5.41) is 10.5. The maximum Gasteiger partial charge on any atom is 0.0968 e. The number of aryl methyl sites for hydroxylation is 2. The van der Waals surface area contributed by atoms with Crippen molar-refractivity contribution >= 4 is 0 Å². The van der Waals surface area contributed by atoms with Gasteiger partial charge >= 0.3 is 0 Å². The summed E-state index contributed by atoms with van der Waals surface area (Å²) in [4.78, 5) is 4.35. The fourth-order valence-electron chi connectivity index (χ4n) is 3.33. The molecule has 104 valence electrons. The molecule has 1 aromatic heterocycles. The fourth-order valence-corrected chi connectivity index (χ4v) is 3.33. The summed E-state index contributed by atoms with van der Waals surface area (Å²) in [5.41, 5.74) is 4.78. The summed E-state index contributed by atoms with van der Waals surface area (Å²) in [6, 6.07) is 12.6. The minimum atomic E-state index is -0.465. The highest BCUT2D eigenvalue weighted by atomic mass is 16.3. The zero-order valence-corrected chi connectivity index (χ0v) is 11.9. The Labute approximate surface area is 120 Å². The van der Waals surface area contributed by atoms with Gasteiger partial charge < -0.3 is 5.11 Å². The molecule has 2 nitrogen and oxygen atoms in total. The van der Waals surface area contributed by atoms with Crippen molar-refractivity contribution in [1.82, 2.24) is 4.98 Å². The van der Waals surface area contributed by atoms with E-state index in [0.717, 1.165) is 17.7 Å². The predicted molar refractivity (Wildman–Crippen MR) is 80.7 cm³/mol. The van der Waals surface area contributed by atoms with Crippen molar-refractivity contribution in [2.45, 2.75) is 44.6 Å². The number of benzene rings is 1. The van der Waals surface area contributed by atoms with Gasteiger partial charge in [-0.3, -0.25) is 4.98 Å². The molecule has 0 spiro atoms. The van der Waals surface area contributed by atoms with Crippen LogP contribution in [0.3, 0.4) is 0 Å². The Kier molecular flexibility index (Phi) is 3.83. The first kappa shape index (κ1) is 13.3. The Morgan fingerprint density at radius 2 is 2.10 bits per heavy atom. The van der Waals surface area contributed by atoms with Crippen molar-refractivity contribution in [2.24, 2.45) is 0 Å². The Bertz CT molecular complexity index is 593. The summed E-state index contributed by atoms with van der Waals surface area (Å²) >= 11 is 0. The van der Waals surface area contributed by atoms with Gasteiger partial charge in [-0.15, -0.1) is 0 Å². The molecular formula is C18H21NO. The van der Waals surface area contributed by atoms with Crippen molar-refractivity contribution < 1.29 is 5.11 Å².